The average Bonchev–Trinajstić information content (AvgIpc) is 2.84. The number of ether oxygens (including phenoxy) is 1. The van der Waals surface area contributed by atoms with Crippen LogP contribution in [0.1, 0.15) is 12.5 Å². The van der Waals surface area contributed by atoms with Crippen LogP contribution in [-0.4, -0.2) is 73.1 Å². The van der Waals surface area contributed by atoms with Crippen molar-refractivity contribution in [2.24, 2.45) is 0 Å². The first-order chi connectivity index (χ1) is 12.4. The Bertz CT molecular complexity index is 727. The highest BCUT2D eigenvalue weighted by atomic mass is 16.5. The molecule has 1 aromatic carbocycles. The first-order valence-corrected chi connectivity index (χ1v) is 8.20. The maximum absolute atomic E-state index is 12.8. The third kappa shape index (κ3) is 4.09. The Morgan fingerprint density at radius 2 is 1.88 bits per heavy atom. The Hall–Kier alpha value is -2.71. The summed E-state index contributed by atoms with van der Waals surface area (Å²) in [6.07, 6.45) is 0. The van der Waals surface area contributed by atoms with Crippen LogP contribution in [0.3, 0.4) is 0 Å². The molecule has 0 spiro atoms. The van der Waals surface area contributed by atoms with Gasteiger partial charge in [-0.1, -0.05) is 12.1 Å². The van der Waals surface area contributed by atoms with Crippen LogP contribution in [0.5, 0.6) is 0 Å². The Labute approximate surface area is 152 Å². The summed E-state index contributed by atoms with van der Waals surface area (Å²) in [7, 11) is 3.15. The number of likely N-dealkylation sites (N-methyl/N-ethyl adjacent to an activating group) is 1. The van der Waals surface area contributed by atoms with E-state index in [1.165, 1.54) is 14.0 Å². The van der Waals surface area contributed by atoms with E-state index in [0.29, 0.717) is 11.3 Å². The third-order valence-electron chi connectivity index (χ3n) is 3.97. The van der Waals surface area contributed by atoms with Crippen LogP contribution >= 0.6 is 0 Å². The monoisotopic (exact) mass is 361 g/mol. The Kier molecular flexibility index (Phi) is 6.48. The molecule has 8 heteroatoms. The number of carbonyl (C=O) groups excluding carboxylic acids is 3. The molecule has 1 heterocycles. The number of anilines is 1. The molecule has 1 aliphatic rings. The summed E-state index contributed by atoms with van der Waals surface area (Å²) in [5.74, 6) is -1.01. The summed E-state index contributed by atoms with van der Waals surface area (Å²) in [5.41, 5.74) is 1.68. The number of imide groups is 1. The molecule has 0 radical (unpaired) electrons. The van der Waals surface area contributed by atoms with Gasteiger partial charge >= 0.3 is 0 Å². The summed E-state index contributed by atoms with van der Waals surface area (Å²) in [5, 5.41) is 11.9. The number of nitrogens with zero attached hydrogens (tertiary/aromatic N) is 2. The lowest BCUT2D eigenvalue weighted by Crippen LogP contribution is -2.37. The third-order valence-corrected chi connectivity index (χ3v) is 3.97. The molecule has 2 rings (SSSR count). The first-order valence-electron chi connectivity index (χ1n) is 8.20. The second-order valence-corrected chi connectivity index (χ2v) is 5.88. The highest BCUT2D eigenvalue weighted by molar-refractivity contribution is 6.35. The van der Waals surface area contributed by atoms with Crippen molar-refractivity contribution in [3.05, 3.63) is 35.5 Å². The number of aliphatic hydroxyl groups excluding tert-OH is 1. The number of methoxy groups -OCH3 is 1. The number of benzene rings is 1. The van der Waals surface area contributed by atoms with Crippen LogP contribution in [0.15, 0.2) is 30.0 Å². The Morgan fingerprint density at radius 1 is 1.23 bits per heavy atom. The van der Waals surface area contributed by atoms with Crippen LogP contribution in [0.2, 0.25) is 0 Å². The molecule has 3 amide bonds. The predicted octanol–water partition coefficient (Wildman–Crippen LogP) is 0.295. The molecule has 0 bridgehead atoms. The lowest BCUT2D eigenvalue weighted by atomic mass is 10.0. The van der Waals surface area contributed by atoms with Crippen LogP contribution < -0.4 is 5.32 Å². The van der Waals surface area contributed by atoms with Crippen molar-refractivity contribution in [3.63, 3.8) is 0 Å². The van der Waals surface area contributed by atoms with Gasteiger partial charge in [-0.25, -0.2) is 0 Å². The van der Waals surface area contributed by atoms with Gasteiger partial charge in [-0.15, -0.1) is 0 Å². The molecule has 0 saturated carbocycles. The van der Waals surface area contributed by atoms with Crippen LogP contribution in [0.4, 0.5) is 5.69 Å². The standard InChI is InChI=1S/C18H23N3O5/c1-12(23)19-14-6-4-13(5-7-14)15-16(20(2)8-10-22)18(25)21(17(15)24)9-11-26-3/h4-7,22H,8-11H2,1-3H3,(H,19,23). The fraction of sp³-hybridized carbons (Fsp3) is 0.389. The van der Waals surface area contributed by atoms with E-state index in [9.17, 15) is 19.5 Å². The van der Waals surface area contributed by atoms with Crippen molar-refractivity contribution in [1.29, 1.82) is 0 Å². The molecule has 0 aromatic heterocycles. The topological polar surface area (TPSA) is 99.2 Å². The number of rotatable bonds is 8. The highest BCUT2D eigenvalue weighted by Gasteiger charge is 2.40. The minimum atomic E-state index is -0.413. The predicted molar refractivity (Wildman–Crippen MR) is 96.0 cm³/mol. The molecule has 1 aliphatic heterocycles. The van der Waals surface area contributed by atoms with E-state index in [2.05, 4.69) is 5.32 Å². The summed E-state index contributed by atoms with van der Waals surface area (Å²) in [6.45, 7) is 1.88. The number of hydrogen-bond donors (Lipinski definition) is 2. The molecule has 8 nitrogen and oxygen atoms in total. The van der Waals surface area contributed by atoms with Crippen LogP contribution in [0, 0.1) is 0 Å². The molecular formula is C18H23N3O5. The molecular weight excluding hydrogens is 338 g/mol. The molecule has 0 unspecified atom stereocenters. The molecule has 2 N–H and O–H groups in total. The summed E-state index contributed by atoms with van der Waals surface area (Å²) < 4.78 is 4.98. The van der Waals surface area contributed by atoms with E-state index in [4.69, 9.17) is 4.74 Å². The molecule has 0 atom stereocenters. The number of hydrogen-bond acceptors (Lipinski definition) is 6. The Balaban J connectivity index is 2.42. The lowest BCUT2D eigenvalue weighted by molar-refractivity contribution is -0.138. The zero-order valence-corrected chi connectivity index (χ0v) is 15.1. The number of aliphatic hydroxyl groups is 1. The van der Waals surface area contributed by atoms with Gasteiger partial charge < -0.3 is 20.1 Å². The van der Waals surface area contributed by atoms with E-state index >= 15 is 0 Å². The molecule has 0 aliphatic carbocycles. The van der Waals surface area contributed by atoms with Gasteiger partial charge in [0.2, 0.25) is 5.91 Å². The molecule has 140 valence electrons. The maximum atomic E-state index is 12.8. The SMILES string of the molecule is COCCN1C(=O)C(c2ccc(NC(C)=O)cc2)=C(N(C)CCO)C1=O. The van der Waals surface area contributed by atoms with Gasteiger partial charge in [-0.05, 0) is 17.7 Å². The maximum Gasteiger partial charge on any atom is 0.277 e. The van der Waals surface area contributed by atoms with Crippen LogP contribution in [0.25, 0.3) is 5.57 Å². The molecule has 0 saturated heterocycles. The van der Waals surface area contributed by atoms with Gasteiger partial charge in [0, 0.05) is 33.3 Å². The molecule has 26 heavy (non-hydrogen) atoms. The fourth-order valence-corrected chi connectivity index (χ4v) is 2.75. The van der Waals surface area contributed by atoms with Crippen LogP contribution in [-0.2, 0) is 19.1 Å². The normalized spacial score (nSPS) is 14.2. The fourth-order valence-electron chi connectivity index (χ4n) is 2.75. The van der Waals surface area contributed by atoms with E-state index in [-0.39, 0.29) is 43.5 Å². The van der Waals surface area contributed by atoms with E-state index in [0.717, 1.165) is 4.90 Å². The average molecular weight is 361 g/mol. The van der Waals surface area contributed by atoms with Crippen molar-refractivity contribution >= 4 is 29.0 Å². The van der Waals surface area contributed by atoms with Crippen molar-refractivity contribution < 1.29 is 24.2 Å². The minimum absolute atomic E-state index is 0.145. The van der Waals surface area contributed by atoms with Crippen molar-refractivity contribution in [2.75, 3.05) is 45.8 Å². The second-order valence-electron chi connectivity index (χ2n) is 5.88. The first kappa shape index (κ1) is 19.6. The largest absolute Gasteiger partial charge is 0.395 e. The van der Waals surface area contributed by atoms with Gasteiger partial charge in [-0.3, -0.25) is 19.3 Å². The van der Waals surface area contributed by atoms with Gasteiger partial charge in [0.05, 0.1) is 25.3 Å². The van der Waals surface area contributed by atoms with Gasteiger partial charge in [0.15, 0.2) is 0 Å². The van der Waals surface area contributed by atoms with E-state index in [1.807, 2.05) is 0 Å². The molecule has 0 fully saturated rings. The summed E-state index contributed by atoms with van der Waals surface area (Å²) >= 11 is 0. The quantitative estimate of drug-likeness (QED) is 0.646. The smallest absolute Gasteiger partial charge is 0.277 e. The van der Waals surface area contributed by atoms with Crippen molar-refractivity contribution in [1.82, 2.24) is 9.80 Å². The second kappa shape index (κ2) is 8.59. The van der Waals surface area contributed by atoms with Gasteiger partial charge in [0.25, 0.3) is 11.8 Å². The lowest BCUT2D eigenvalue weighted by Gasteiger charge is -2.20. The summed E-state index contributed by atoms with van der Waals surface area (Å²) in [4.78, 5) is 39.4. The zero-order chi connectivity index (χ0) is 19.3. The highest BCUT2D eigenvalue weighted by Crippen LogP contribution is 2.31. The number of amides is 3. The summed E-state index contributed by atoms with van der Waals surface area (Å²) in [6, 6.07) is 6.70. The minimum Gasteiger partial charge on any atom is -0.395 e. The van der Waals surface area contributed by atoms with E-state index in [1.54, 1.807) is 36.2 Å². The van der Waals surface area contributed by atoms with Crippen molar-refractivity contribution in [3.8, 4) is 0 Å². The Morgan fingerprint density at radius 3 is 2.42 bits per heavy atom. The van der Waals surface area contributed by atoms with Gasteiger partial charge in [0.1, 0.15) is 5.70 Å². The van der Waals surface area contributed by atoms with Crippen molar-refractivity contribution in [2.45, 2.75) is 6.92 Å². The number of carbonyl (C=O) groups is 3. The number of nitrogens with one attached hydrogen (secondary N) is 1. The zero-order valence-electron chi connectivity index (χ0n) is 15.1. The molecule has 1 aromatic rings. The van der Waals surface area contributed by atoms with E-state index < -0.39 is 11.8 Å². The van der Waals surface area contributed by atoms with Gasteiger partial charge in [-0.2, -0.15) is 0 Å².